The molecular weight excluding hydrogens is 274 g/mol. The lowest BCUT2D eigenvalue weighted by Crippen LogP contribution is -2.27. The highest BCUT2D eigenvalue weighted by atomic mass is 16.5. The molecule has 4 heteroatoms. The van der Waals surface area contributed by atoms with Gasteiger partial charge >= 0.3 is 0 Å². The van der Waals surface area contributed by atoms with E-state index in [2.05, 4.69) is 46.2 Å². The molecule has 1 aliphatic rings. The molecule has 3 rings (SSSR count). The number of rotatable bonds is 5. The summed E-state index contributed by atoms with van der Waals surface area (Å²) in [6.07, 6.45) is 7.50. The van der Waals surface area contributed by atoms with Crippen LogP contribution in [0.15, 0.2) is 36.7 Å². The highest BCUT2D eigenvalue weighted by molar-refractivity contribution is 5.32. The van der Waals surface area contributed by atoms with E-state index in [1.165, 1.54) is 30.4 Å². The van der Waals surface area contributed by atoms with E-state index in [0.29, 0.717) is 12.6 Å². The quantitative estimate of drug-likeness (QED) is 0.850. The second kappa shape index (κ2) is 6.99. The summed E-state index contributed by atoms with van der Waals surface area (Å²) < 4.78 is 5.05. The van der Waals surface area contributed by atoms with Crippen LogP contribution in [0.3, 0.4) is 0 Å². The Balaban J connectivity index is 1.71. The molecule has 0 spiro atoms. The first-order valence-electron chi connectivity index (χ1n) is 7.84. The Morgan fingerprint density at radius 2 is 2.00 bits per heavy atom. The molecule has 4 nitrogen and oxygen atoms in total. The standard InChI is InChI=1S/C18H23N3O/c1-21(12-14-10-19-18(13-22-2)20-11-14)17-9-5-7-15-6-3-4-8-16(15)17/h3-4,6,8,10-11,17H,5,7,9,12-13H2,1-2H3/t17-/m0/s1. The molecule has 0 unspecified atom stereocenters. The van der Waals surface area contributed by atoms with Crippen LogP contribution in [0.2, 0.25) is 0 Å². The number of aromatic nitrogens is 2. The lowest BCUT2D eigenvalue weighted by molar-refractivity contribution is 0.177. The highest BCUT2D eigenvalue weighted by Gasteiger charge is 2.23. The zero-order chi connectivity index (χ0) is 15.4. The van der Waals surface area contributed by atoms with Gasteiger partial charge in [0.05, 0.1) is 0 Å². The molecule has 1 aliphatic carbocycles. The molecular formula is C18H23N3O. The fourth-order valence-corrected chi connectivity index (χ4v) is 3.25. The van der Waals surface area contributed by atoms with Gasteiger partial charge in [-0.1, -0.05) is 24.3 Å². The lowest BCUT2D eigenvalue weighted by Gasteiger charge is -2.33. The summed E-state index contributed by atoms with van der Waals surface area (Å²) in [4.78, 5) is 11.1. The number of fused-ring (bicyclic) bond motifs is 1. The summed E-state index contributed by atoms with van der Waals surface area (Å²) in [7, 11) is 3.85. The van der Waals surface area contributed by atoms with Gasteiger partial charge in [0.2, 0.25) is 0 Å². The fourth-order valence-electron chi connectivity index (χ4n) is 3.25. The van der Waals surface area contributed by atoms with Gasteiger partial charge in [-0.2, -0.15) is 0 Å². The Labute approximate surface area is 132 Å². The van der Waals surface area contributed by atoms with E-state index in [4.69, 9.17) is 4.74 Å². The molecule has 2 aromatic rings. The van der Waals surface area contributed by atoms with Crippen molar-refractivity contribution >= 4 is 0 Å². The van der Waals surface area contributed by atoms with Gasteiger partial charge in [0, 0.05) is 37.7 Å². The molecule has 0 amide bonds. The van der Waals surface area contributed by atoms with Gasteiger partial charge < -0.3 is 4.74 Å². The van der Waals surface area contributed by atoms with Crippen molar-refractivity contribution in [2.45, 2.75) is 38.5 Å². The Hall–Kier alpha value is -1.78. The first-order valence-corrected chi connectivity index (χ1v) is 7.84. The second-order valence-electron chi connectivity index (χ2n) is 5.96. The van der Waals surface area contributed by atoms with Crippen LogP contribution in [0.5, 0.6) is 0 Å². The SMILES string of the molecule is COCc1ncc(CN(C)[C@H]2CCCc3ccccc32)cn1. The molecule has 1 aromatic heterocycles. The molecule has 1 aromatic carbocycles. The van der Waals surface area contributed by atoms with E-state index in [1.807, 2.05) is 12.4 Å². The van der Waals surface area contributed by atoms with Gasteiger partial charge in [0.25, 0.3) is 0 Å². The Bertz CT molecular complexity index is 612. The van der Waals surface area contributed by atoms with Crippen LogP contribution in [0, 0.1) is 0 Å². The highest BCUT2D eigenvalue weighted by Crippen LogP contribution is 2.33. The van der Waals surface area contributed by atoms with Crippen molar-refractivity contribution in [2.75, 3.05) is 14.2 Å². The van der Waals surface area contributed by atoms with Crippen molar-refractivity contribution in [1.29, 1.82) is 0 Å². The third-order valence-electron chi connectivity index (χ3n) is 4.33. The van der Waals surface area contributed by atoms with E-state index in [9.17, 15) is 0 Å². The minimum absolute atomic E-state index is 0.464. The predicted octanol–water partition coefficient (Wildman–Crippen LogP) is 3.13. The van der Waals surface area contributed by atoms with Crippen molar-refractivity contribution in [3.63, 3.8) is 0 Å². The van der Waals surface area contributed by atoms with Crippen LogP contribution >= 0.6 is 0 Å². The minimum atomic E-state index is 0.464. The van der Waals surface area contributed by atoms with Crippen molar-refractivity contribution in [2.24, 2.45) is 0 Å². The number of nitrogens with zero attached hydrogens (tertiary/aromatic N) is 3. The van der Waals surface area contributed by atoms with Crippen molar-refractivity contribution in [3.05, 3.63) is 59.2 Å². The summed E-state index contributed by atoms with van der Waals surface area (Å²) >= 11 is 0. The normalized spacial score (nSPS) is 17.5. The average Bonchev–Trinajstić information content (AvgIpc) is 2.56. The molecule has 0 aliphatic heterocycles. The molecule has 116 valence electrons. The second-order valence-corrected chi connectivity index (χ2v) is 5.96. The first kappa shape index (κ1) is 15.1. The third-order valence-corrected chi connectivity index (χ3v) is 4.33. The molecule has 0 bridgehead atoms. The Morgan fingerprint density at radius 3 is 2.77 bits per heavy atom. The molecule has 22 heavy (non-hydrogen) atoms. The number of benzene rings is 1. The predicted molar refractivity (Wildman–Crippen MR) is 86.3 cm³/mol. The molecule has 1 heterocycles. The first-order chi connectivity index (χ1) is 10.8. The average molecular weight is 297 g/mol. The van der Waals surface area contributed by atoms with E-state index in [-0.39, 0.29) is 0 Å². The van der Waals surface area contributed by atoms with Gasteiger partial charge in [0.15, 0.2) is 5.82 Å². The van der Waals surface area contributed by atoms with Crippen LogP contribution in [-0.2, 0) is 24.3 Å². The van der Waals surface area contributed by atoms with Crippen LogP contribution in [0.4, 0.5) is 0 Å². The molecule has 0 N–H and O–H groups in total. The number of methoxy groups -OCH3 is 1. The summed E-state index contributed by atoms with van der Waals surface area (Å²) in [6.45, 7) is 1.33. The Morgan fingerprint density at radius 1 is 1.23 bits per heavy atom. The van der Waals surface area contributed by atoms with E-state index >= 15 is 0 Å². The molecule has 1 atom stereocenters. The molecule has 0 saturated carbocycles. The topological polar surface area (TPSA) is 38.2 Å². The van der Waals surface area contributed by atoms with Crippen LogP contribution in [0.25, 0.3) is 0 Å². The van der Waals surface area contributed by atoms with Gasteiger partial charge in [-0.05, 0) is 37.4 Å². The van der Waals surface area contributed by atoms with Gasteiger partial charge in [0.1, 0.15) is 6.61 Å². The number of hydrogen-bond donors (Lipinski definition) is 0. The zero-order valence-electron chi connectivity index (χ0n) is 13.3. The maximum Gasteiger partial charge on any atom is 0.153 e. The lowest BCUT2D eigenvalue weighted by atomic mass is 9.87. The molecule has 0 saturated heterocycles. The van der Waals surface area contributed by atoms with Gasteiger partial charge in [-0.3, -0.25) is 4.90 Å². The monoisotopic (exact) mass is 297 g/mol. The third kappa shape index (κ3) is 3.34. The zero-order valence-corrected chi connectivity index (χ0v) is 13.3. The smallest absolute Gasteiger partial charge is 0.153 e. The van der Waals surface area contributed by atoms with E-state index in [0.717, 1.165) is 17.9 Å². The fraction of sp³-hybridized carbons (Fsp3) is 0.444. The van der Waals surface area contributed by atoms with Crippen molar-refractivity contribution < 1.29 is 4.74 Å². The summed E-state index contributed by atoms with van der Waals surface area (Å²) in [5, 5.41) is 0. The van der Waals surface area contributed by atoms with Crippen LogP contribution in [0.1, 0.15) is 41.4 Å². The molecule has 0 fully saturated rings. The van der Waals surface area contributed by atoms with Crippen molar-refractivity contribution in [1.82, 2.24) is 14.9 Å². The maximum atomic E-state index is 5.05. The number of ether oxygens (including phenoxy) is 1. The van der Waals surface area contributed by atoms with Gasteiger partial charge in [-0.15, -0.1) is 0 Å². The Kier molecular flexibility index (Phi) is 4.80. The summed E-state index contributed by atoms with van der Waals surface area (Å²) in [5.41, 5.74) is 4.12. The number of hydrogen-bond acceptors (Lipinski definition) is 4. The van der Waals surface area contributed by atoms with Crippen LogP contribution in [-0.4, -0.2) is 29.0 Å². The molecule has 0 radical (unpaired) electrons. The van der Waals surface area contributed by atoms with Crippen LogP contribution < -0.4 is 0 Å². The minimum Gasteiger partial charge on any atom is -0.377 e. The van der Waals surface area contributed by atoms with E-state index in [1.54, 1.807) is 7.11 Å². The number of aryl methyl sites for hydroxylation is 1. The largest absolute Gasteiger partial charge is 0.377 e. The summed E-state index contributed by atoms with van der Waals surface area (Å²) in [5.74, 6) is 0.733. The van der Waals surface area contributed by atoms with Gasteiger partial charge in [-0.25, -0.2) is 9.97 Å². The van der Waals surface area contributed by atoms with Crippen molar-refractivity contribution in [3.8, 4) is 0 Å². The summed E-state index contributed by atoms with van der Waals surface area (Å²) in [6, 6.07) is 9.31. The van der Waals surface area contributed by atoms with E-state index < -0.39 is 0 Å². The maximum absolute atomic E-state index is 5.05.